The number of nitrogens with zero attached hydrogens (tertiary/aromatic N) is 3. The van der Waals surface area contributed by atoms with Crippen LogP contribution in [0.4, 0.5) is 11.4 Å². The molecule has 5 rings (SSSR count). The van der Waals surface area contributed by atoms with Crippen molar-refractivity contribution in [1.82, 2.24) is 0 Å². The van der Waals surface area contributed by atoms with Crippen LogP contribution in [-0.4, -0.2) is 12.5 Å². The van der Waals surface area contributed by atoms with Crippen LogP contribution in [0.2, 0.25) is 0 Å². The van der Waals surface area contributed by atoms with Gasteiger partial charge in [0.1, 0.15) is 18.0 Å². The van der Waals surface area contributed by atoms with Crippen LogP contribution < -0.4 is 14.5 Å². The van der Waals surface area contributed by atoms with Gasteiger partial charge in [0.2, 0.25) is 0 Å². The molecule has 1 atom stereocenters. The number of benzene rings is 4. The van der Waals surface area contributed by atoms with E-state index in [4.69, 9.17) is 10.00 Å². The molecule has 1 heterocycles. The second-order valence-corrected chi connectivity index (χ2v) is 8.53. The summed E-state index contributed by atoms with van der Waals surface area (Å²) in [6.45, 7) is 2.66. The third-order valence-electron chi connectivity index (χ3n) is 6.19. The molecule has 0 aliphatic carbocycles. The standard InChI is InChI=1S/C30H25N3O2/c1-22-11-15-25(16-12-22)33-29(24-13-17-26(18-14-24)35-20-19-31)32(21-23-7-3-2-4-8-23)28-10-6-5-9-27(28)30(33)34/h2-18,29H,20-21H2,1H3. The molecular weight excluding hydrogens is 434 g/mol. The third-order valence-corrected chi connectivity index (χ3v) is 6.19. The highest BCUT2D eigenvalue weighted by atomic mass is 16.5. The predicted octanol–water partition coefficient (Wildman–Crippen LogP) is 6.26. The third kappa shape index (κ3) is 4.47. The van der Waals surface area contributed by atoms with Crippen molar-refractivity contribution in [2.45, 2.75) is 19.6 Å². The number of aryl methyl sites for hydroxylation is 1. The molecule has 5 heteroatoms. The fourth-order valence-corrected chi connectivity index (χ4v) is 4.51. The number of carbonyl (C=O) groups is 1. The van der Waals surface area contributed by atoms with E-state index < -0.39 is 0 Å². The van der Waals surface area contributed by atoms with Crippen LogP contribution in [0.3, 0.4) is 0 Å². The Morgan fingerprint density at radius 3 is 2.26 bits per heavy atom. The molecule has 35 heavy (non-hydrogen) atoms. The first-order valence-corrected chi connectivity index (χ1v) is 11.6. The van der Waals surface area contributed by atoms with E-state index in [1.807, 2.05) is 109 Å². The van der Waals surface area contributed by atoms with Crippen LogP contribution in [0.25, 0.3) is 0 Å². The predicted molar refractivity (Wildman–Crippen MR) is 137 cm³/mol. The number of nitriles is 1. The van der Waals surface area contributed by atoms with Gasteiger partial charge < -0.3 is 9.64 Å². The second kappa shape index (κ2) is 9.74. The van der Waals surface area contributed by atoms with Crippen molar-refractivity contribution in [3.63, 3.8) is 0 Å². The van der Waals surface area contributed by atoms with Gasteiger partial charge in [-0.1, -0.05) is 72.3 Å². The van der Waals surface area contributed by atoms with E-state index in [9.17, 15) is 4.79 Å². The molecule has 1 aliphatic rings. The molecular formula is C30H25N3O2. The Balaban J connectivity index is 1.66. The summed E-state index contributed by atoms with van der Waals surface area (Å²) in [5.41, 5.74) is 5.65. The lowest BCUT2D eigenvalue weighted by atomic mass is 9.99. The van der Waals surface area contributed by atoms with Crippen molar-refractivity contribution in [3.05, 3.63) is 125 Å². The topological polar surface area (TPSA) is 56.6 Å². The van der Waals surface area contributed by atoms with Gasteiger partial charge in [-0.15, -0.1) is 0 Å². The normalized spacial score (nSPS) is 14.9. The van der Waals surface area contributed by atoms with Crippen molar-refractivity contribution in [2.75, 3.05) is 16.4 Å². The highest BCUT2D eigenvalue weighted by Gasteiger charge is 2.39. The number of hydrogen-bond donors (Lipinski definition) is 0. The Hall–Kier alpha value is -4.56. The number of para-hydroxylation sites is 1. The Bertz CT molecular complexity index is 1360. The van der Waals surface area contributed by atoms with E-state index >= 15 is 0 Å². The molecule has 172 valence electrons. The van der Waals surface area contributed by atoms with Crippen LogP contribution in [0, 0.1) is 18.3 Å². The van der Waals surface area contributed by atoms with Gasteiger partial charge in [0.25, 0.3) is 5.91 Å². The number of amides is 1. The van der Waals surface area contributed by atoms with Crippen LogP contribution in [0.5, 0.6) is 5.75 Å². The molecule has 0 fully saturated rings. The Morgan fingerprint density at radius 2 is 1.54 bits per heavy atom. The molecule has 0 N–H and O–H groups in total. The van der Waals surface area contributed by atoms with E-state index in [-0.39, 0.29) is 18.7 Å². The summed E-state index contributed by atoms with van der Waals surface area (Å²) in [6, 6.07) is 35.8. The van der Waals surface area contributed by atoms with Crippen molar-refractivity contribution >= 4 is 17.3 Å². The van der Waals surface area contributed by atoms with E-state index in [0.29, 0.717) is 17.9 Å². The average molecular weight is 460 g/mol. The van der Waals surface area contributed by atoms with Crippen molar-refractivity contribution < 1.29 is 9.53 Å². The Kier molecular flexibility index (Phi) is 6.19. The molecule has 0 saturated carbocycles. The van der Waals surface area contributed by atoms with E-state index in [2.05, 4.69) is 17.0 Å². The van der Waals surface area contributed by atoms with E-state index in [1.165, 1.54) is 0 Å². The maximum absolute atomic E-state index is 13.9. The molecule has 1 amide bonds. The summed E-state index contributed by atoms with van der Waals surface area (Å²) < 4.78 is 5.47. The number of fused-ring (bicyclic) bond motifs is 1. The molecule has 4 aromatic carbocycles. The summed E-state index contributed by atoms with van der Waals surface area (Å²) >= 11 is 0. The van der Waals surface area contributed by atoms with Crippen molar-refractivity contribution in [1.29, 1.82) is 5.26 Å². The van der Waals surface area contributed by atoms with E-state index in [0.717, 1.165) is 28.1 Å². The lowest BCUT2D eigenvalue weighted by molar-refractivity contribution is 0.0968. The Morgan fingerprint density at radius 1 is 0.857 bits per heavy atom. The molecule has 0 bridgehead atoms. The van der Waals surface area contributed by atoms with Crippen LogP contribution in [0.15, 0.2) is 103 Å². The lowest BCUT2D eigenvalue weighted by Gasteiger charge is -2.46. The molecule has 0 spiro atoms. The number of anilines is 2. The summed E-state index contributed by atoms with van der Waals surface area (Å²) in [6.07, 6.45) is -0.370. The first-order valence-electron chi connectivity index (χ1n) is 11.6. The van der Waals surface area contributed by atoms with Gasteiger partial charge in [-0.05, 0) is 54.4 Å². The van der Waals surface area contributed by atoms with Crippen molar-refractivity contribution in [2.24, 2.45) is 0 Å². The van der Waals surface area contributed by atoms with Gasteiger partial charge in [-0.2, -0.15) is 5.26 Å². The maximum atomic E-state index is 13.9. The minimum absolute atomic E-state index is 0.00966. The SMILES string of the molecule is Cc1ccc(N2C(=O)c3ccccc3N(Cc3ccccc3)C2c2ccc(OCC#N)cc2)cc1. The van der Waals surface area contributed by atoms with Gasteiger partial charge >= 0.3 is 0 Å². The highest BCUT2D eigenvalue weighted by Crippen LogP contribution is 2.42. The monoisotopic (exact) mass is 459 g/mol. The second-order valence-electron chi connectivity index (χ2n) is 8.53. The number of rotatable bonds is 6. The van der Waals surface area contributed by atoms with Crippen molar-refractivity contribution in [3.8, 4) is 11.8 Å². The summed E-state index contributed by atoms with van der Waals surface area (Å²) in [5, 5.41) is 8.84. The van der Waals surface area contributed by atoms with Gasteiger partial charge in [-0.25, -0.2) is 0 Å². The number of ether oxygens (including phenoxy) is 1. The smallest absolute Gasteiger partial charge is 0.262 e. The molecule has 0 radical (unpaired) electrons. The molecule has 0 saturated heterocycles. The Labute approximate surface area is 205 Å². The first-order chi connectivity index (χ1) is 17.2. The molecule has 1 aliphatic heterocycles. The van der Waals surface area contributed by atoms with E-state index in [1.54, 1.807) is 0 Å². The lowest BCUT2D eigenvalue weighted by Crippen LogP contribution is -2.49. The molecule has 0 aromatic heterocycles. The zero-order valence-electron chi connectivity index (χ0n) is 19.5. The molecule has 1 unspecified atom stereocenters. The minimum Gasteiger partial charge on any atom is -0.479 e. The van der Waals surface area contributed by atoms with Gasteiger partial charge in [0.05, 0.1) is 11.3 Å². The fourth-order valence-electron chi connectivity index (χ4n) is 4.51. The summed E-state index contributed by atoms with van der Waals surface area (Å²) in [4.78, 5) is 18.1. The highest BCUT2D eigenvalue weighted by molar-refractivity contribution is 6.12. The zero-order valence-corrected chi connectivity index (χ0v) is 19.5. The zero-order chi connectivity index (χ0) is 24.2. The fraction of sp³-hybridized carbons (Fsp3) is 0.133. The first kappa shape index (κ1) is 22.2. The van der Waals surface area contributed by atoms with Gasteiger partial charge in [0, 0.05) is 12.2 Å². The van der Waals surface area contributed by atoms with Gasteiger partial charge in [-0.3, -0.25) is 9.69 Å². The number of hydrogen-bond acceptors (Lipinski definition) is 4. The van der Waals surface area contributed by atoms with Crippen LogP contribution >= 0.6 is 0 Å². The van der Waals surface area contributed by atoms with Crippen LogP contribution in [-0.2, 0) is 6.54 Å². The minimum atomic E-state index is -0.370. The largest absolute Gasteiger partial charge is 0.479 e. The van der Waals surface area contributed by atoms with Crippen LogP contribution in [0.1, 0.15) is 33.2 Å². The quantitative estimate of drug-likeness (QED) is 0.341. The average Bonchev–Trinajstić information content (AvgIpc) is 2.90. The molecule has 4 aromatic rings. The maximum Gasteiger partial charge on any atom is 0.262 e. The summed E-state index contributed by atoms with van der Waals surface area (Å²) in [7, 11) is 0. The molecule has 5 nitrogen and oxygen atoms in total. The number of carbonyl (C=O) groups excluding carboxylic acids is 1. The van der Waals surface area contributed by atoms with Gasteiger partial charge in [0.15, 0.2) is 6.61 Å². The summed E-state index contributed by atoms with van der Waals surface area (Å²) in [5.74, 6) is 0.581.